The SMILES string of the molecule is Cc1cnc2c(C(=O)Nc3cn[nH]c3Cl)cccn12. The van der Waals surface area contributed by atoms with Crippen LogP contribution in [0.25, 0.3) is 5.65 Å². The zero-order valence-corrected chi connectivity index (χ0v) is 10.8. The van der Waals surface area contributed by atoms with Gasteiger partial charge in [-0.25, -0.2) is 4.98 Å². The lowest BCUT2D eigenvalue weighted by molar-refractivity contribution is 0.102. The number of pyridine rings is 1. The third-order valence-corrected chi connectivity index (χ3v) is 3.09. The van der Waals surface area contributed by atoms with Crippen molar-refractivity contribution in [3.05, 3.63) is 47.1 Å². The van der Waals surface area contributed by atoms with E-state index < -0.39 is 0 Å². The first-order valence-corrected chi connectivity index (χ1v) is 5.97. The van der Waals surface area contributed by atoms with Gasteiger partial charge in [0.2, 0.25) is 0 Å². The van der Waals surface area contributed by atoms with E-state index in [4.69, 9.17) is 11.6 Å². The number of halogens is 1. The van der Waals surface area contributed by atoms with Crippen LogP contribution in [-0.4, -0.2) is 25.5 Å². The molecule has 3 aromatic rings. The number of nitrogens with one attached hydrogen (secondary N) is 2. The molecule has 0 aliphatic carbocycles. The van der Waals surface area contributed by atoms with Crippen molar-refractivity contribution >= 4 is 28.8 Å². The monoisotopic (exact) mass is 275 g/mol. The molecule has 6 nitrogen and oxygen atoms in total. The molecule has 0 spiro atoms. The zero-order chi connectivity index (χ0) is 13.4. The van der Waals surface area contributed by atoms with Gasteiger partial charge in [-0.05, 0) is 19.1 Å². The van der Waals surface area contributed by atoms with Gasteiger partial charge >= 0.3 is 0 Å². The summed E-state index contributed by atoms with van der Waals surface area (Å²) in [5.74, 6) is -0.278. The Morgan fingerprint density at radius 3 is 3.05 bits per heavy atom. The summed E-state index contributed by atoms with van der Waals surface area (Å²) in [5.41, 5.74) is 2.49. The molecule has 2 N–H and O–H groups in total. The minimum atomic E-state index is -0.278. The van der Waals surface area contributed by atoms with Crippen LogP contribution in [0.15, 0.2) is 30.7 Å². The maximum Gasteiger partial charge on any atom is 0.259 e. The number of nitrogens with zero attached hydrogens (tertiary/aromatic N) is 3. The molecule has 0 saturated heterocycles. The van der Waals surface area contributed by atoms with Crippen molar-refractivity contribution in [2.45, 2.75) is 6.92 Å². The molecule has 3 heterocycles. The number of H-pyrrole nitrogens is 1. The van der Waals surface area contributed by atoms with Gasteiger partial charge in [0.1, 0.15) is 10.8 Å². The van der Waals surface area contributed by atoms with Gasteiger partial charge in [-0.2, -0.15) is 5.10 Å². The van der Waals surface area contributed by atoms with Gasteiger partial charge in [-0.3, -0.25) is 9.89 Å². The predicted molar refractivity (Wildman–Crippen MR) is 71.5 cm³/mol. The van der Waals surface area contributed by atoms with Crippen molar-refractivity contribution in [1.82, 2.24) is 19.6 Å². The molecule has 1 amide bonds. The van der Waals surface area contributed by atoms with E-state index >= 15 is 0 Å². The molecule has 7 heteroatoms. The van der Waals surface area contributed by atoms with Crippen LogP contribution in [0.2, 0.25) is 5.15 Å². The smallest absolute Gasteiger partial charge is 0.259 e. The summed E-state index contributed by atoms with van der Waals surface area (Å²) < 4.78 is 1.85. The second-order valence-corrected chi connectivity index (χ2v) is 4.44. The second kappa shape index (κ2) is 4.40. The van der Waals surface area contributed by atoms with E-state index in [1.54, 1.807) is 18.3 Å². The third-order valence-electron chi connectivity index (χ3n) is 2.81. The van der Waals surface area contributed by atoms with Crippen molar-refractivity contribution in [1.29, 1.82) is 0 Å². The standard InChI is InChI=1S/C12H10ClN5O/c1-7-5-14-11-8(3-2-4-18(7)11)12(19)16-9-6-15-17-10(9)13/h2-6H,1H3,(H,15,17)(H,16,19). The quantitative estimate of drug-likeness (QED) is 0.753. The molecule has 0 aliphatic heterocycles. The largest absolute Gasteiger partial charge is 0.318 e. The van der Waals surface area contributed by atoms with Crippen molar-refractivity contribution in [2.24, 2.45) is 0 Å². The van der Waals surface area contributed by atoms with Gasteiger partial charge in [-0.1, -0.05) is 11.6 Å². The van der Waals surface area contributed by atoms with Crippen LogP contribution < -0.4 is 5.32 Å². The molecular formula is C12H10ClN5O. The zero-order valence-electron chi connectivity index (χ0n) is 10.0. The highest BCUT2D eigenvalue weighted by molar-refractivity contribution is 6.32. The van der Waals surface area contributed by atoms with Gasteiger partial charge in [0.15, 0.2) is 0 Å². The summed E-state index contributed by atoms with van der Waals surface area (Å²) in [6.45, 7) is 1.93. The highest BCUT2D eigenvalue weighted by Gasteiger charge is 2.14. The van der Waals surface area contributed by atoms with Crippen LogP contribution >= 0.6 is 11.6 Å². The molecule has 0 fully saturated rings. The average molecular weight is 276 g/mol. The van der Waals surface area contributed by atoms with E-state index in [1.807, 2.05) is 17.5 Å². The number of anilines is 1. The Balaban J connectivity index is 2.00. The van der Waals surface area contributed by atoms with Gasteiger partial charge in [0.25, 0.3) is 5.91 Å². The topological polar surface area (TPSA) is 75.1 Å². The maximum absolute atomic E-state index is 12.2. The average Bonchev–Trinajstić information content (AvgIpc) is 2.97. The van der Waals surface area contributed by atoms with Crippen LogP contribution in [0.1, 0.15) is 16.1 Å². The highest BCUT2D eigenvalue weighted by atomic mass is 35.5. The number of aromatic amines is 1. The Morgan fingerprint density at radius 1 is 1.47 bits per heavy atom. The Labute approximate surface area is 113 Å². The lowest BCUT2D eigenvalue weighted by atomic mass is 10.2. The van der Waals surface area contributed by atoms with Crippen LogP contribution in [0.3, 0.4) is 0 Å². The van der Waals surface area contributed by atoms with Crippen molar-refractivity contribution in [2.75, 3.05) is 5.32 Å². The van der Waals surface area contributed by atoms with E-state index in [1.165, 1.54) is 6.20 Å². The van der Waals surface area contributed by atoms with Gasteiger partial charge in [0.05, 0.1) is 17.4 Å². The molecule has 0 aromatic carbocycles. The molecule has 0 atom stereocenters. The summed E-state index contributed by atoms with van der Waals surface area (Å²) in [6.07, 6.45) is 5.04. The number of amides is 1. The first kappa shape index (κ1) is 11.7. The number of hydrogen-bond donors (Lipinski definition) is 2. The molecule has 0 saturated carbocycles. The summed E-state index contributed by atoms with van der Waals surface area (Å²) >= 11 is 5.84. The van der Waals surface area contributed by atoms with E-state index in [2.05, 4.69) is 20.5 Å². The first-order valence-electron chi connectivity index (χ1n) is 5.59. The number of fused-ring (bicyclic) bond motifs is 1. The van der Waals surface area contributed by atoms with Crippen molar-refractivity contribution in [3.8, 4) is 0 Å². The number of hydrogen-bond acceptors (Lipinski definition) is 3. The number of carbonyl (C=O) groups is 1. The molecule has 3 aromatic heterocycles. The minimum absolute atomic E-state index is 0.278. The molecule has 19 heavy (non-hydrogen) atoms. The number of aromatic nitrogens is 4. The van der Waals surface area contributed by atoms with Gasteiger partial charge in [-0.15, -0.1) is 0 Å². The molecule has 0 radical (unpaired) electrons. The van der Waals surface area contributed by atoms with E-state index in [9.17, 15) is 4.79 Å². The fourth-order valence-corrected chi connectivity index (χ4v) is 2.00. The third kappa shape index (κ3) is 1.96. The van der Waals surface area contributed by atoms with Crippen LogP contribution in [-0.2, 0) is 0 Å². The second-order valence-electron chi connectivity index (χ2n) is 4.07. The summed E-state index contributed by atoms with van der Waals surface area (Å²) in [6, 6.07) is 3.51. The van der Waals surface area contributed by atoms with E-state index in [0.717, 1.165) is 5.69 Å². The van der Waals surface area contributed by atoms with Crippen molar-refractivity contribution < 1.29 is 4.79 Å². The molecule has 0 bridgehead atoms. The molecular weight excluding hydrogens is 266 g/mol. The van der Waals surface area contributed by atoms with Gasteiger partial charge in [0, 0.05) is 18.1 Å². The normalized spacial score (nSPS) is 10.8. The predicted octanol–water partition coefficient (Wildman–Crippen LogP) is 2.27. The molecule has 0 unspecified atom stereocenters. The van der Waals surface area contributed by atoms with Crippen molar-refractivity contribution in [3.63, 3.8) is 0 Å². The Morgan fingerprint density at radius 2 is 2.32 bits per heavy atom. The fourth-order valence-electron chi connectivity index (χ4n) is 1.86. The number of rotatable bonds is 2. The number of aryl methyl sites for hydroxylation is 1. The Kier molecular flexibility index (Phi) is 2.72. The van der Waals surface area contributed by atoms with Crippen LogP contribution in [0, 0.1) is 6.92 Å². The lowest BCUT2D eigenvalue weighted by Gasteiger charge is -2.05. The highest BCUT2D eigenvalue weighted by Crippen LogP contribution is 2.19. The fraction of sp³-hybridized carbons (Fsp3) is 0.0833. The van der Waals surface area contributed by atoms with E-state index in [0.29, 0.717) is 22.1 Å². The number of carbonyl (C=O) groups excluding carboxylic acids is 1. The van der Waals surface area contributed by atoms with Gasteiger partial charge < -0.3 is 9.72 Å². The lowest BCUT2D eigenvalue weighted by Crippen LogP contribution is -2.13. The maximum atomic E-state index is 12.2. The number of imidazole rings is 1. The Hall–Kier alpha value is -2.34. The first-order chi connectivity index (χ1) is 9.16. The Bertz CT molecular complexity index is 760. The summed E-state index contributed by atoms with van der Waals surface area (Å²) in [7, 11) is 0. The molecule has 96 valence electrons. The summed E-state index contributed by atoms with van der Waals surface area (Å²) in [5, 5.41) is 9.27. The van der Waals surface area contributed by atoms with Crippen LogP contribution in [0.4, 0.5) is 5.69 Å². The summed E-state index contributed by atoms with van der Waals surface area (Å²) in [4.78, 5) is 16.5. The minimum Gasteiger partial charge on any atom is -0.318 e. The van der Waals surface area contributed by atoms with E-state index in [-0.39, 0.29) is 5.91 Å². The van der Waals surface area contributed by atoms with Crippen LogP contribution in [0.5, 0.6) is 0 Å². The molecule has 3 rings (SSSR count). The molecule has 0 aliphatic rings.